The third-order valence-corrected chi connectivity index (χ3v) is 7.27. The van der Waals surface area contributed by atoms with Gasteiger partial charge < -0.3 is 9.80 Å². The molecule has 1 aliphatic rings. The summed E-state index contributed by atoms with van der Waals surface area (Å²) in [6.07, 6.45) is 1.73. The Balaban J connectivity index is 1.53. The van der Waals surface area contributed by atoms with Crippen molar-refractivity contribution in [2.24, 2.45) is 0 Å². The molecular formula is C24H21N3O5S2. The minimum atomic E-state index is -0.517. The molecule has 2 heterocycles. The van der Waals surface area contributed by atoms with Crippen molar-refractivity contribution in [2.75, 3.05) is 32.4 Å². The summed E-state index contributed by atoms with van der Waals surface area (Å²) in [7, 11) is 0. The molecule has 1 fully saturated rings. The van der Waals surface area contributed by atoms with Crippen molar-refractivity contribution in [3.63, 3.8) is 0 Å². The van der Waals surface area contributed by atoms with Crippen molar-refractivity contribution in [3.8, 4) is 0 Å². The molecule has 2 aromatic carbocycles. The molecule has 3 aromatic rings. The SMILES string of the molecule is CSc1ccc(C(=O)c2ccccc2C(=O)N2CCN(C(=O)c3cccs3)CC2)cc1[N+](=O)[O-]. The van der Waals surface area contributed by atoms with Gasteiger partial charge in [-0.2, -0.15) is 0 Å². The van der Waals surface area contributed by atoms with Crippen LogP contribution in [0.3, 0.4) is 0 Å². The molecule has 0 atom stereocenters. The number of rotatable bonds is 6. The number of amides is 2. The summed E-state index contributed by atoms with van der Waals surface area (Å²) in [5, 5.41) is 13.3. The van der Waals surface area contributed by atoms with Gasteiger partial charge in [-0.3, -0.25) is 24.5 Å². The van der Waals surface area contributed by atoms with Crippen LogP contribution in [0.2, 0.25) is 0 Å². The molecule has 8 nitrogen and oxygen atoms in total. The molecule has 0 bridgehead atoms. The van der Waals surface area contributed by atoms with Crippen molar-refractivity contribution in [1.82, 2.24) is 9.80 Å². The van der Waals surface area contributed by atoms with Crippen molar-refractivity contribution < 1.29 is 19.3 Å². The molecular weight excluding hydrogens is 474 g/mol. The fourth-order valence-electron chi connectivity index (χ4n) is 3.84. The number of nitrogens with zero attached hydrogens (tertiary/aromatic N) is 3. The molecule has 4 rings (SSSR count). The van der Waals surface area contributed by atoms with Crippen LogP contribution in [0.5, 0.6) is 0 Å². The number of nitro groups is 1. The van der Waals surface area contributed by atoms with Gasteiger partial charge in [0.05, 0.1) is 20.3 Å². The maximum absolute atomic E-state index is 13.3. The van der Waals surface area contributed by atoms with Crippen molar-refractivity contribution in [1.29, 1.82) is 0 Å². The van der Waals surface area contributed by atoms with Crippen molar-refractivity contribution >= 4 is 46.4 Å². The first-order valence-corrected chi connectivity index (χ1v) is 12.6. The normalized spacial score (nSPS) is 13.6. The number of carbonyl (C=O) groups is 3. The summed E-state index contributed by atoms with van der Waals surface area (Å²) >= 11 is 2.61. The second-order valence-corrected chi connectivity index (χ2v) is 9.38. The van der Waals surface area contributed by atoms with Gasteiger partial charge >= 0.3 is 0 Å². The first-order valence-electron chi connectivity index (χ1n) is 10.5. The van der Waals surface area contributed by atoms with E-state index < -0.39 is 10.7 Å². The summed E-state index contributed by atoms with van der Waals surface area (Å²) < 4.78 is 0. The van der Waals surface area contributed by atoms with Crippen LogP contribution in [0.15, 0.2) is 64.9 Å². The quantitative estimate of drug-likeness (QED) is 0.220. The average molecular weight is 496 g/mol. The van der Waals surface area contributed by atoms with E-state index in [0.717, 1.165) is 0 Å². The zero-order chi connectivity index (χ0) is 24.2. The number of thioether (sulfide) groups is 1. The maximum atomic E-state index is 13.3. The highest BCUT2D eigenvalue weighted by Gasteiger charge is 2.28. The Kier molecular flexibility index (Phi) is 7.09. The number of ketones is 1. The molecule has 1 aliphatic heterocycles. The van der Waals surface area contributed by atoms with Gasteiger partial charge in [-0.15, -0.1) is 23.1 Å². The molecule has 0 saturated carbocycles. The standard InChI is InChI=1S/C24H21N3O5S2/c1-33-20-9-8-16(15-19(20)27(31)32)22(28)17-5-2-3-6-18(17)23(29)25-10-12-26(13-11-25)24(30)21-7-4-14-34-21/h2-9,14-15H,10-13H2,1H3. The van der Waals surface area contributed by atoms with E-state index in [9.17, 15) is 24.5 Å². The van der Waals surface area contributed by atoms with E-state index in [-0.39, 0.29) is 34.2 Å². The van der Waals surface area contributed by atoms with Gasteiger partial charge in [0.15, 0.2) is 5.78 Å². The lowest BCUT2D eigenvalue weighted by Crippen LogP contribution is -2.50. The topological polar surface area (TPSA) is 101 Å². The Hall–Kier alpha value is -3.50. The Bertz CT molecular complexity index is 1250. The van der Waals surface area contributed by atoms with Crippen LogP contribution >= 0.6 is 23.1 Å². The number of carbonyl (C=O) groups excluding carboxylic acids is 3. The predicted octanol–water partition coefficient (Wildman–Crippen LogP) is 4.21. The van der Waals surface area contributed by atoms with Crippen LogP contribution in [-0.4, -0.2) is 64.8 Å². The number of hydrogen-bond acceptors (Lipinski definition) is 7. The molecule has 10 heteroatoms. The molecule has 0 unspecified atom stereocenters. The Morgan fingerprint density at radius 3 is 2.15 bits per heavy atom. The third kappa shape index (κ3) is 4.73. The second kappa shape index (κ2) is 10.2. The van der Waals surface area contributed by atoms with Crippen LogP contribution < -0.4 is 0 Å². The molecule has 0 radical (unpaired) electrons. The van der Waals surface area contributed by atoms with Crippen LogP contribution in [0.25, 0.3) is 0 Å². The summed E-state index contributed by atoms with van der Waals surface area (Å²) in [6, 6.07) is 14.4. The largest absolute Gasteiger partial charge is 0.335 e. The minimum absolute atomic E-state index is 0.0482. The van der Waals surface area contributed by atoms with Crippen LogP contribution in [-0.2, 0) is 0 Å². The van der Waals surface area contributed by atoms with E-state index in [2.05, 4.69) is 0 Å². The molecule has 174 valence electrons. The van der Waals surface area contributed by atoms with Gasteiger partial charge in [0.2, 0.25) is 0 Å². The first-order chi connectivity index (χ1) is 16.4. The molecule has 0 aliphatic carbocycles. The zero-order valence-electron chi connectivity index (χ0n) is 18.3. The van der Waals surface area contributed by atoms with Gasteiger partial charge in [0.1, 0.15) is 0 Å². The fourth-order valence-corrected chi connectivity index (χ4v) is 5.07. The fraction of sp³-hybridized carbons (Fsp3) is 0.208. The number of thiophene rings is 1. The van der Waals surface area contributed by atoms with Gasteiger partial charge in [-0.05, 0) is 35.9 Å². The van der Waals surface area contributed by atoms with E-state index in [1.807, 2.05) is 11.4 Å². The molecule has 1 aromatic heterocycles. The van der Waals surface area contributed by atoms with Crippen molar-refractivity contribution in [2.45, 2.75) is 4.90 Å². The minimum Gasteiger partial charge on any atom is -0.335 e. The smallest absolute Gasteiger partial charge is 0.283 e. The molecule has 2 amide bonds. The van der Waals surface area contributed by atoms with Crippen LogP contribution in [0.1, 0.15) is 36.0 Å². The van der Waals surface area contributed by atoms with Gasteiger partial charge in [0, 0.05) is 43.4 Å². The average Bonchev–Trinajstić information content (AvgIpc) is 3.42. The Morgan fingerprint density at radius 2 is 1.56 bits per heavy atom. The highest BCUT2D eigenvalue weighted by molar-refractivity contribution is 7.98. The first kappa shape index (κ1) is 23.7. The van der Waals surface area contributed by atoms with E-state index in [4.69, 9.17) is 0 Å². The van der Waals surface area contributed by atoms with Gasteiger partial charge in [0.25, 0.3) is 17.5 Å². The molecule has 0 spiro atoms. The number of nitro benzene ring substituents is 1. The summed E-state index contributed by atoms with van der Waals surface area (Å²) in [6.45, 7) is 1.51. The van der Waals surface area contributed by atoms with E-state index >= 15 is 0 Å². The molecule has 34 heavy (non-hydrogen) atoms. The third-order valence-electron chi connectivity index (χ3n) is 5.63. The van der Waals surface area contributed by atoms with Crippen LogP contribution in [0.4, 0.5) is 5.69 Å². The maximum Gasteiger partial charge on any atom is 0.283 e. The number of benzene rings is 2. The monoisotopic (exact) mass is 495 g/mol. The Morgan fingerprint density at radius 1 is 0.912 bits per heavy atom. The van der Waals surface area contributed by atoms with E-state index in [0.29, 0.717) is 36.0 Å². The summed E-state index contributed by atoms with van der Waals surface area (Å²) in [5.41, 5.74) is 0.433. The molecule has 1 saturated heterocycles. The lowest BCUT2D eigenvalue weighted by atomic mass is 9.97. The lowest BCUT2D eigenvalue weighted by molar-refractivity contribution is -0.387. The molecule has 0 N–H and O–H groups in total. The summed E-state index contributed by atoms with van der Waals surface area (Å²) in [5.74, 6) is -0.804. The van der Waals surface area contributed by atoms with Crippen molar-refractivity contribution in [3.05, 3.63) is 91.7 Å². The number of piperazine rings is 1. The lowest BCUT2D eigenvalue weighted by Gasteiger charge is -2.34. The predicted molar refractivity (Wildman–Crippen MR) is 131 cm³/mol. The second-order valence-electron chi connectivity index (χ2n) is 7.58. The zero-order valence-corrected chi connectivity index (χ0v) is 19.9. The Labute approximate surface area is 204 Å². The van der Waals surface area contributed by atoms with Crippen LogP contribution in [0, 0.1) is 10.1 Å². The van der Waals surface area contributed by atoms with E-state index in [1.165, 1.54) is 35.2 Å². The van der Waals surface area contributed by atoms with Gasteiger partial charge in [-0.25, -0.2) is 0 Å². The van der Waals surface area contributed by atoms with E-state index in [1.54, 1.807) is 52.5 Å². The summed E-state index contributed by atoms with van der Waals surface area (Å²) in [4.78, 5) is 54.5. The highest BCUT2D eigenvalue weighted by Crippen LogP contribution is 2.29. The van der Waals surface area contributed by atoms with Gasteiger partial charge in [-0.1, -0.05) is 24.3 Å². The number of hydrogen-bond donors (Lipinski definition) is 0. The highest BCUT2D eigenvalue weighted by atomic mass is 32.2.